The molecule has 29 heavy (non-hydrogen) atoms. The Morgan fingerprint density at radius 1 is 1.17 bits per heavy atom. The van der Waals surface area contributed by atoms with Gasteiger partial charge < -0.3 is 20.6 Å². The normalized spacial score (nSPS) is 16.7. The Morgan fingerprint density at radius 2 is 1.90 bits per heavy atom. The maximum atomic E-state index is 10.7. The van der Waals surface area contributed by atoms with E-state index >= 15 is 0 Å². The Balaban J connectivity index is 0.00000300. The van der Waals surface area contributed by atoms with Crippen molar-refractivity contribution >= 4 is 58.7 Å². The summed E-state index contributed by atoms with van der Waals surface area (Å²) in [6.07, 6.45) is 0. The fourth-order valence-corrected chi connectivity index (χ4v) is 4.76. The maximum absolute atomic E-state index is 10.7. The van der Waals surface area contributed by atoms with Crippen LogP contribution in [0, 0.1) is 0 Å². The van der Waals surface area contributed by atoms with Crippen LogP contribution >= 0.6 is 47.1 Å². The van der Waals surface area contributed by atoms with Gasteiger partial charge >= 0.3 is 0 Å². The van der Waals surface area contributed by atoms with Crippen molar-refractivity contribution in [2.45, 2.75) is 26.0 Å². The smallest absolute Gasteiger partial charge is 0.191 e. The molecular formula is C21H31IN4OS2. The molecule has 1 aromatic heterocycles. The number of hydrogen-bond acceptors (Lipinski definition) is 5. The maximum Gasteiger partial charge on any atom is 0.191 e. The van der Waals surface area contributed by atoms with E-state index in [4.69, 9.17) is 0 Å². The van der Waals surface area contributed by atoms with Gasteiger partial charge in [0.25, 0.3) is 0 Å². The van der Waals surface area contributed by atoms with Crippen molar-refractivity contribution in [1.82, 2.24) is 10.6 Å². The number of rotatable bonds is 7. The van der Waals surface area contributed by atoms with Gasteiger partial charge in [-0.3, -0.25) is 0 Å². The van der Waals surface area contributed by atoms with E-state index in [0.29, 0.717) is 13.1 Å². The van der Waals surface area contributed by atoms with Gasteiger partial charge in [0.2, 0.25) is 0 Å². The average Bonchev–Trinajstić information content (AvgIpc) is 3.27. The van der Waals surface area contributed by atoms with Crippen LogP contribution in [0.4, 0.5) is 5.69 Å². The molecule has 8 heteroatoms. The standard InChI is InChI=1S/C21H30N4OS2.HI/c1-3-22-20(24-16-21(2,26)19-5-4-12-28-19)23-15-17-6-8-18(9-7-17)25-10-13-27-14-11-25;/h4-9,12,26H,3,10-11,13-16H2,1-2H3,(H2,22,23,24);1H. The molecule has 1 fully saturated rings. The Hall–Kier alpha value is -0.970. The first-order valence-corrected chi connectivity index (χ1v) is 11.8. The van der Waals surface area contributed by atoms with Crippen LogP contribution < -0.4 is 15.5 Å². The van der Waals surface area contributed by atoms with Crippen LogP contribution in [0.5, 0.6) is 0 Å². The molecule has 1 saturated heterocycles. The van der Waals surface area contributed by atoms with Gasteiger partial charge in [-0.25, -0.2) is 4.99 Å². The number of anilines is 1. The van der Waals surface area contributed by atoms with Crippen molar-refractivity contribution < 1.29 is 5.11 Å². The molecule has 2 aromatic rings. The summed E-state index contributed by atoms with van der Waals surface area (Å²) in [5, 5.41) is 19.2. The molecule has 1 aliphatic heterocycles. The summed E-state index contributed by atoms with van der Waals surface area (Å²) in [7, 11) is 0. The number of thiophene rings is 1. The second kappa shape index (κ2) is 12.0. The lowest BCUT2D eigenvalue weighted by Crippen LogP contribution is -2.44. The van der Waals surface area contributed by atoms with Crippen LogP contribution in [0.3, 0.4) is 0 Å². The van der Waals surface area contributed by atoms with Crippen LogP contribution in [0.1, 0.15) is 24.3 Å². The highest BCUT2D eigenvalue weighted by Crippen LogP contribution is 2.24. The largest absolute Gasteiger partial charge is 0.383 e. The molecule has 0 spiro atoms. The van der Waals surface area contributed by atoms with Crippen LogP contribution in [-0.4, -0.2) is 48.8 Å². The SMILES string of the molecule is CCNC(=NCc1ccc(N2CCSCC2)cc1)NCC(C)(O)c1cccs1.I. The van der Waals surface area contributed by atoms with Crippen LogP contribution in [0.15, 0.2) is 46.8 Å². The third kappa shape index (κ3) is 7.34. The molecule has 0 bridgehead atoms. The summed E-state index contributed by atoms with van der Waals surface area (Å²) in [6, 6.07) is 12.6. The van der Waals surface area contributed by atoms with Gasteiger partial charge in [-0.05, 0) is 43.0 Å². The van der Waals surface area contributed by atoms with Gasteiger partial charge in [0.15, 0.2) is 5.96 Å². The van der Waals surface area contributed by atoms with Crippen molar-refractivity contribution in [2.24, 2.45) is 4.99 Å². The zero-order valence-electron chi connectivity index (χ0n) is 17.1. The predicted octanol–water partition coefficient (Wildman–Crippen LogP) is 3.88. The summed E-state index contributed by atoms with van der Waals surface area (Å²) >= 11 is 3.59. The molecule has 5 nitrogen and oxygen atoms in total. The number of aliphatic hydroxyl groups is 1. The summed E-state index contributed by atoms with van der Waals surface area (Å²) < 4.78 is 0. The van der Waals surface area contributed by atoms with Crippen molar-refractivity contribution in [3.8, 4) is 0 Å². The minimum Gasteiger partial charge on any atom is -0.383 e. The lowest BCUT2D eigenvalue weighted by Gasteiger charge is -2.28. The van der Waals surface area contributed by atoms with Gasteiger partial charge in [-0.15, -0.1) is 35.3 Å². The van der Waals surface area contributed by atoms with Gasteiger partial charge in [0.05, 0.1) is 13.1 Å². The zero-order valence-corrected chi connectivity index (χ0v) is 21.0. The van der Waals surface area contributed by atoms with Gasteiger partial charge in [0, 0.05) is 41.7 Å². The molecule has 3 N–H and O–H groups in total. The van der Waals surface area contributed by atoms with Crippen LogP contribution in [0.2, 0.25) is 0 Å². The van der Waals surface area contributed by atoms with Gasteiger partial charge in [-0.1, -0.05) is 18.2 Å². The number of guanidine groups is 1. The van der Waals surface area contributed by atoms with E-state index in [-0.39, 0.29) is 24.0 Å². The summed E-state index contributed by atoms with van der Waals surface area (Å²) in [6.45, 7) is 7.91. The van der Waals surface area contributed by atoms with E-state index in [9.17, 15) is 5.11 Å². The number of nitrogens with one attached hydrogen (secondary N) is 2. The number of nitrogens with zero attached hydrogens (tertiary/aromatic N) is 2. The molecule has 1 atom stereocenters. The molecule has 0 aliphatic carbocycles. The summed E-state index contributed by atoms with van der Waals surface area (Å²) in [5.41, 5.74) is 1.56. The molecule has 0 amide bonds. The molecule has 1 unspecified atom stereocenters. The minimum absolute atomic E-state index is 0. The lowest BCUT2D eigenvalue weighted by atomic mass is 10.1. The fraction of sp³-hybridized carbons (Fsp3) is 0.476. The summed E-state index contributed by atoms with van der Waals surface area (Å²) in [4.78, 5) is 8.07. The highest BCUT2D eigenvalue weighted by Gasteiger charge is 2.24. The molecule has 160 valence electrons. The second-order valence-corrected chi connectivity index (χ2v) is 9.24. The number of hydrogen-bond donors (Lipinski definition) is 3. The molecule has 1 aromatic carbocycles. The quantitative estimate of drug-likeness (QED) is 0.280. The first-order chi connectivity index (χ1) is 13.6. The number of halogens is 1. The highest BCUT2D eigenvalue weighted by molar-refractivity contribution is 14.0. The molecule has 1 aliphatic rings. The molecule has 0 saturated carbocycles. The lowest BCUT2D eigenvalue weighted by molar-refractivity contribution is 0.0655. The Bertz CT molecular complexity index is 745. The van der Waals surface area contributed by atoms with E-state index in [1.54, 1.807) is 11.3 Å². The second-order valence-electron chi connectivity index (χ2n) is 7.07. The van der Waals surface area contributed by atoms with E-state index in [2.05, 4.69) is 44.8 Å². The van der Waals surface area contributed by atoms with Crippen molar-refractivity contribution in [2.75, 3.05) is 42.6 Å². The molecule has 3 rings (SSSR count). The van der Waals surface area contributed by atoms with E-state index in [0.717, 1.165) is 30.5 Å². The van der Waals surface area contributed by atoms with E-state index in [1.807, 2.05) is 43.1 Å². The highest BCUT2D eigenvalue weighted by atomic mass is 127. The van der Waals surface area contributed by atoms with Crippen molar-refractivity contribution in [3.05, 3.63) is 52.2 Å². The van der Waals surface area contributed by atoms with Crippen LogP contribution in [-0.2, 0) is 12.1 Å². The minimum atomic E-state index is -0.918. The Labute approximate surface area is 199 Å². The number of thioether (sulfide) groups is 1. The zero-order chi connectivity index (χ0) is 19.8. The third-order valence-electron chi connectivity index (χ3n) is 4.73. The molecule has 0 radical (unpaired) electrons. The van der Waals surface area contributed by atoms with Crippen molar-refractivity contribution in [3.63, 3.8) is 0 Å². The van der Waals surface area contributed by atoms with Gasteiger partial charge in [0.1, 0.15) is 5.60 Å². The van der Waals surface area contributed by atoms with E-state index in [1.165, 1.54) is 22.8 Å². The van der Waals surface area contributed by atoms with Gasteiger partial charge in [-0.2, -0.15) is 11.8 Å². The first kappa shape index (κ1) is 24.3. The number of benzene rings is 1. The number of aliphatic imine (C=N–C) groups is 1. The monoisotopic (exact) mass is 546 g/mol. The van der Waals surface area contributed by atoms with E-state index < -0.39 is 5.60 Å². The van der Waals surface area contributed by atoms with Crippen LogP contribution in [0.25, 0.3) is 0 Å². The molecule has 2 heterocycles. The predicted molar refractivity (Wildman–Crippen MR) is 138 cm³/mol. The molecular weight excluding hydrogens is 515 g/mol. The fourth-order valence-electron chi connectivity index (χ4n) is 3.07. The first-order valence-electron chi connectivity index (χ1n) is 9.78. The van der Waals surface area contributed by atoms with Crippen molar-refractivity contribution in [1.29, 1.82) is 0 Å². The summed E-state index contributed by atoms with van der Waals surface area (Å²) in [5.74, 6) is 3.13. The topological polar surface area (TPSA) is 59.9 Å². The third-order valence-corrected chi connectivity index (χ3v) is 6.79. The average molecular weight is 547 g/mol. The Kier molecular flexibility index (Phi) is 10.1. The Morgan fingerprint density at radius 3 is 2.52 bits per heavy atom.